The van der Waals surface area contributed by atoms with Gasteiger partial charge in [0.2, 0.25) is 0 Å². The van der Waals surface area contributed by atoms with Crippen LogP contribution in [0.3, 0.4) is 0 Å². The van der Waals surface area contributed by atoms with Gasteiger partial charge in [-0.25, -0.2) is 4.98 Å². The maximum Gasteiger partial charge on any atom is 0.253 e. The number of carbonyl (C=O) groups is 1. The second-order valence-electron chi connectivity index (χ2n) is 4.71. The fourth-order valence-electron chi connectivity index (χ4n) is 2.16. The van der Waals surface area contributed by atoms with Gasteiger partial charge < -0.3 is 10.6 Å². The van der Waals surface area contributed by atoms with Gasteiger partial charge in [-0.05, 0) is 18.7 Å². The molecule has 0 atom stereocenters. The molecule has 4 nitrogen and oxygen atoms in total. The molecule has 0 radical (unpaired) electrons. The van der Waals surface area contributed by atoms with Crippen molar-refractivity contribution < 1.29 is 4.79 Å². The highest BCUT2D eigenvalue weighted by molar-refractivity contribution is 6.09. The third-order valence-electron chi connectivity index (χ3n) is 3.20. The molecule has 0 saturated heterocycles. The Balaban J connectivity index is 2.35. The summed E-state index contributed by atoms with van der Waals surface area (Å²) >= 11 is 0. The van der Waals surface area contributed by atoms with E-state index in [0.29, 0.717) is 12.1 Å². The summed E-state index contributed by atoms with van der Waals surface area (Å²) in [4.78, 5) is 16.6. The highest BCUT2D eigenvalue weighted by Gasteiger charge is 2.12. The Morgan fingerprint density at radius 2 is 1.95 bits per heavy atom. The van der Waals surface area contributed by atoms with Crippen molar-refractivity contribution >= 4 is 22.5 Å². The largest absolute Gasteiger partial charge is 0.370 e. The molecule has 20 heavy (non-hydrogen) atoms. The summed E-state index contributed by atoms with van der Waals surface area (Å²) in [7, 11) is 0. The number of amides is 1. The predicted octanol–water partition coefficient (Wildman–Crippen LogP) is 3.20. The number of unbranched alkanes of at least 4 members (excludes halogenated alkanes) is 1. The summed E-state index contributed by atoms with van der Waals surface area (Å²) in [6, 6.07) is 7.86. The Morgan fingerprint density at radius 1 is 1.20 bits per heavy atom. The molecular formula is C16H21N3O. The van der Waals surface area contributed by atoms with Crippen LogP contribution in [0.25, 0.3) is 10.8 Å². The number of nitrogens with one attached hydrogen (secondary N) is 2. The van der Waals surface area contributed by atoms with E-state index in [1.165, 1.54) is 0 Å². The minimum Gasteiger partial charge on any atom is -0.370 e. The van der Waals surface area contributed by atoms with Crippen LogP contribution in [-0.2, 0) is 0 Å². The molecule has 1 heterocycles. The van der Waals surface area contributed by atoms with Crippen LogP contribution in [0.15, 0.2) is 30.5 Å². The van der Waals surface area contributed by atoms with E-state index in [9.17, 15) is 4.79 Å². The van der Waals surface area contributed by atoms with Gasteiger partial charge in [-0.3, -0.25) is 4.79 Å². The summed E-state index contributed by atoms with van der Waals surface area (Å²) in [5.41, 5.74) is 0.637. The first-order valence-corrected chi connectivity index (χ1v) is 7.17. The van der Waals surface area contributed by atoms with Crippen molar-refractivity contribution in [3.63, 3.8) is 0 Å². The van der Waals surface area contributed by atoms with Crippen LogP contribution in [0.2, 0.25) is 0 Å². The predicted molar refractivity (Wildman–Crippen MR) is 83.1 cm³/mol. The smallest absolute Gasteiger partial charge is 0.253 e. The van der Waals surface area contributed by atoms with E-state index in [0.717, 1.165) is 36.0 Å². The Hall–Kier alpha value is -2.10. The number of fused-ring (bicyclic) bond motifs is 1. The van der Waals surface area contributed by atoms with Crippen LogP contribution in [-0.4, -0.2) is 24.0 Å². The van der Waals surface area contributed by atoms with E-state index in [1.807, 2.05) is 31.2 Å². The first kappa shape index (κ1) is 14.3. The molecule has 0 unspecified atom stereocenters. The fourth-order valence-corrected chi connectivity index (χ4v) is 2.16. The molecule has 0 aliphatic carbocycles. The zero-order valence-electron chi connectivity index (χ0n) is 12.1. The number of benzene rings is 1. The van der Waals surface area contributed by atoms with E-state index in [1.54, 1.807) is 6.20 Å². The Bertz CT molecular complexity index is 595. The highest BCUT2D eigenvalue weighted by Crippen LogP contribution is 2.24. The molecule has 1 amide bonds. The van der Waals surface area contributed by atoms with Gasteiger partial charge in [-0.15, -0.1) is 0 Å². The van der Waals surface area contributed by atoms with Crippen molar-refractivity contribution in [2.45, 2.75) is 26.7 Å². The van der Waals surface area contributed by atoms with Gasteiger partial charge in [0.25, 0.3) is 5.91 Å². The monoisotopic (exact) mass is 271 g/mol. The SMILES string of the molecule is CCCCNC(=O)c1cnc(NCC)c2ccccc12. The molecule has 2 N–H and O–H groups in total. The number of nitrogens with zero attached hydrogens (tertiary/aromatic N) is 1. The van der Waals surface area contributed by atoms with Gasteiger partial charge >= 0.3 is 0 Å². The van der Waals surface area contributed by atoms with Crippen molar-refractivity contribution in [3.8, 4) is 0 Å². The molecule has 4 heteroatoms. The quantitative estimate of drug-likeness (QED) is 0.793. The molecule has 0 spiro atoms. The van der Waals surface area contributed by atoms with Gasteiger partial charge in [-0.2, -0.15) is 0 Å². The Kier molecular flexibility index (Phi) is 4.93. The fraction of sp³-hybridized carbons (Fsp3) is 0.375. The standard InChI is InChI=1S/C16H21N3O/c1-3-5-10-18-16(20)14-11-19-15(17-4-2)13-9-7-6-8-12(13)14/h6-9,11H,3-5,10H2,1-2H3,(H,17,19)(H,18,20). The van der Waals surface area contributed by atoms with Crippen molar-refractivity contribution in [2.24, 2.45) is 0 Å². The van der Waals surface area contributed by atoms with Gasteiger partial charge in [0.1, 0.15) is 5.82 Å². The molecule has 1 aromatic carbocycles. The van der Waals surface area contributed by atoms with E-state index in [-0.39, 0.29) is 5.91 Å². The lowest BCUT2D eigenvalue weighted by molar-refractivity contribution is 0.0954. The molecule has 0 aliphatic rings. The Labute approximate surface area is 119 Å². The lowest BCUT2D eigenvalue weighted by Gasteiger charge is -2.11. The van der Waals surface area contributed by atoms with Gasteiger partial charge in [0.15, 0.2) is 0 Å². The number of aromatic nitrogens is 1. The molecule has 106 valence electrons. The topological polar surface area (TPSA) is 54.0 Å². The maximum atomic E-state index is 12.2. The average molecular weight is 271 g/mol. The zero-order valence-corrected chi connectivity index (χ0v) is 12.1. The van der Waals surface area contributed by atoms with Gasteiger partial charge in [0, 0.05) is 24.7 Å². The van der Waals surface area contributed by atoms with E-state index in [2.05, 4.69) is 22.5 Å². The third-order valence-corrected chi connectivity index (χ3v) is 3.20. The van der Waals surface area contributed by atoms with Crippen LogP contribution in [0, 0.1) is 0 Å². The first-order chi connectivity index (χ1) is 9.77. The van der Waals surface area contributed by atoms with Crippen LogP contribution in [0.5, 0.6) is 0 Å². The number of anilines is 1. The number of hydrogen-bond acceptors (Lipinski definition) is 3. The minimum absolute atomic E-state index is 0.0507. The van der Waals surface area contributed by atoms with Crippen LogP contribution >= 0.6 is 0 Å². The number of pyridine rings is 1. The second kappa shape index (κ2) is 6.89. The molecule has 0 saturated carbocycles. The van der Waals surface area contributed by atoms with Crippen molar-refractivity contribution in [3.05, 3.63) is 36.0 Å². The second-order valence-corrected chi connectivity index (χ2v) is 4.71. The zero-order chi connectivity index (χ0) is 14.4. The number of carbonyl (C=O) groups excluding carboxylic acids is 1. The lowest BCUT2D eigenvalue weighted by atomic mass is 10.1. The molecule has 2 aromatic rings. The molecule has 0 fully saturated rings. The highest BCUT2D eigenvalue weighted by atomic mass is 16.1. The molecule has 0 bridgehead atoms. The summed E-state index contributed by atoms with van der Waals surface area (Å²) < 4.78 is 0. The third kappa shape index (κ3) is 3.07. The van der Waals surface area contributed by atoms with E-state index >= 15 is 0 Å². The van der Waals surface area contributed by atoms with Gasteiger partial charge in [-0.1, -0.05) is 37.6 Å². The van der Waals surface area contributed by atoms with E-state index < -0.39 is 0 Å². The van der Waals surface area contributed by atoms with Crippen LogP contribution < -0.4 is 10.6 Å². The number of rotatable bonds is 6. The van der Waals surface area contributed by atoms with Crippen molar-refractivity contribution in [2.75, 3.05) is 18.4 Å². The molecule has 0 aliphatic heterocycles. The summed E-state index contributed by atoms with van der Waals surface area (Å²) in [5.74, 6) is 0.776. The van der Waals surface area contributed by atoms with Gasteiger partial charge in [0.05, 0.1) is 5.56 Å². The maximum absolute atomic E-state index is 12.2. The molecule has 2 rings (SSSR count). The minimum atomic E-state index is -0.0507. The summed E-state index contributed by atoms with van der Waals surface area (Å²) in [6.07, 6.45) is 3.72. The number of hydrogen-bond donors (Lipinski definition) is 2. The molecule has 1 aromatic heterocycles. The van der Waals surface area contributed by atoms with Crippen LogP contribution in [0.1, 0.15) is 37.0 Å². The normalized spacial score (nSPS) is 10.5. The van der Waals surface area contributed by atoms with Crippen molar-refractivity contribution in [1.82, 2.24) is 10.3 Å². The van der Waals surface area contributed by atoms with E-state index in [4.69, 9.17) is 0 Å². The summed E-state index contributed by atoms with van der Waals surface area (Å²) in [6.45, 7) is 5.65. The van der Waals surface area contributed by atoms with Crippen LogP contribution in [0.4, 0.5) is 5.82 Å². The summed E-state index contributed by atoms with van der Waals surface area (Å²) in [5, 5.41) is 8.09. The lowest BCUT2D eigenvalue weighted by Crippen LogP contribution is -2.24. The molecular weight excluding hydrogens is 250 g/mol. The first-order valence-electron chi connectivity index (χ1n) is 7.17. The van der Waals surface area contributed by atoms with Crippen molar-refractivity contribution in [1.29, 1.82) is 0 Å². The Morgan fingerprint density at radius 3 is 2.65 bits per heavy atom. The average Bonchev–Trinajstić information content (AvgIpc) is 2.48.